The fourth-order valence-electron chi connectivity index (χ4n) is 1.97. The highest BCUT2D eigenvalue weighted by Gasteiger charge is 2.39. The topological polar surface area (TPSA) is 95.5 Å². The van der Waals surface area contributed by atoms with E-state index in [1.807, 2.05) is 6.92 Å². The van der Waals surface area contributed by atoms with Gasteiger partial charge in [0.05, 0.1) is 0 Å². The Morgan fingerprint density at radius 2 is 1.81 bits per heavy atom. The van der Waals surface area contributed by atoms with E-state index in [1.165, 1.54) is 6.92 Å². The zero-order valence-corrected chi connectivity index (χ0v) is 11.9. The Morgan fingerprint density at radius 3 is 2.29 bits per heavy atom. The number of carboxylic acid groups (broad SMARTS) is 1. The van der Waals surface area contributed by atoms with E-state index in [0.717, 1.165) is 6.42 Å². The minimum Gasteiger partial charge on any atom is -0.480 e. The van der Waals surface area contributed by atoms with Crippen LogP contribution in [0.2, 0.25) is 0 Å². The molecule has 1 aliphatic rings. The first-order valence-electron chi connectivity index (χ1n) is 6.83. The summed E-state index contributed by atoms with van der Waals surface area (Å²) in [4.78, 5) is 34.2. The van der Waals surface area contributed by atoms with Crippen LogP contribution < -0.4 is 10.6 Å². The van der Waals surface area contributed by atoms with Gasteiger partial charge in [-0.2, -0.15) is 0 Å². The summed E-state index contributed by atoms with van der Waals surface area (Å²) in [6.07, 6.45) is 0.916. The first-order valence-corrected chi connectivity index (χ1v) is 6.83. The highest BCUT2D eigenvalue weighted by atomic mass is 16.4. The maximum atomic E-state index is 11.8. The summed E-state index contributed by atoms with van der Waals surface area (Å²) in [5.41, 5.74) is 0.975. The molecule has 2 rings (SSSR count). The molecule has 0 aromatic heterocycles. The Balaban J connectivity index is 1.93. The van der Waals surface area contributed by atoms with Gasteiger partial charge in [-0.3, -0.25) is 14.4 Å². The number of carbonyl (C=O) groups excluding carboxylic acids is 2. The van der Waals surface area contributed by atoms with Crippen LogP contribution in [-0.4, -0.2) is 28.9 Å². The summed E-state index contributed by atoms with van der Waals surface area (Å²) in [5.74, 6) is -1.03. The number of anilines is 1. The largest absolute Gasteiger partial charge is 0.480 e. The van der Waals surface area contributed by atoms with E-state index in [4.69, 9.17) is 5.11 Å². The van der Waals surface area contributed by atoms with Crippen LogP contribution in [0.4, 0.5) is 5.69 Å². The number of hydrogen-bond donors (Lipinski definition) is 3. The van der Waals surface area contributed by atoms with Crippen LogP contribution >= 0.6 is 0 Å². The lowest BCUT2D eigenvalue weighted by molar-refractivity contribution is -0.138. The van der Waals surface area contributed by atoms with Gasteiger partial charge in [0.25, 0.3) is 5.91 Å². The van der Waals surface area contributed by atoms with Gasteiger partial charge < -0.3 is 15.7 Å². The molecule has 112 valence electrons. The molecule has 6 nitrogen and oxygen atoms in total. The van der Waals surface area contributed by atoms with Crippen molar-refractivity contribution in [2.45, 2.75) is 26.3 Å². The van der Waals surface area contributed by atoms with Gasteiger partial charge in [-0.15, -0.1) is 0 Å². The van der Waals surface area contributed by atoms with Gasteiger partial charge in [0.2, 0.25) is 5.91 Å². The van der Waals surface area contributed by atoms with Gasteiger partial charge in [-0.1, -0.05) is 6.92 Å². The average Bonchev–Trinajstić information content (AvgIpc) is 3.16. The molecular weight excluding hydrogens is 272 g/mol. The Bertz CT molecular complexity index is 568. The Morgan fingerprint density at radius 1 is 1.24 bits per heavy atom. The summed E-state index contributed by atoms with van der Waals surface area (Å²) >= 11 is 0. The van der Waals surface area contributed by atoms with Crippen molar-refractivity contribution < 1.29 is 19.5 Å². The van der Waals surface area contributed by atoms with Gasteiger partial charge in [0.15, 0.2) is 0 Å². The normalized spacial score (nSPS) is 21.2. The maximum absolute atomic E-state index is 11.8. The summed E-state index contributed by atoms with van der Waals surface area (Å²) < 4.78 is 0. The van der Waals surface area contributed by atoms with E-state index in [-0.39, 0.29) is 11.8 Å². The lowest BCUT2D eigenvalue weighted by Gasteiger charge is -2.10. The quantitative estimate of drug-likeness (QED) is 0.765. The summed E-state index contributed by atoms with van der Waals surface area (Å²) in [6.45, 7) is 3.42. The summed E-state index contributed by atoms with van der Waals surface area (Å²) in [7, 11) is 0. The third kappa shape index (κ3) is 3.81. The van der Waals surface area contributed by atoms with Gasteiger partial charge in [0, 0.05) is 17.2 Å². The number of carboxylic acids is 1. The molecule has 2 unspecified atom stereocenters. The molecule has 1 saturated carbocycles. The summed E-state index contributed by atoms with van der Waals surface area (Å²) in [6, 6.07) is 5.41. The SMILES string of the molecule is CC1CC1C(=O)Nc1ccc(C(=O)N[C@@H](C)C(=O)O)cc1. The molecule has 2 amide bonds. The predicted molar refractivity (Wildman–Crippen MR) is 76.9 cm³/mol. The fourth-order valence-corrected chi connectivity index (χ4v) is 1.97. The number of carbonyl (C=O) groups is 3. The lowest BCUT2D eigenvalue weighted by atomic mass is 10.1. The third-order valence-corrected chi connectivity index (χ3v) is 3.58. The zero-order chi connectivity index (χ0) is 15.6. The Kier molecular flexibility index (Phi) is 4.26. The molecule has 0 saturated heterocycles. The van der Waals surface area contributed by atoms with Crippen molar-refractivity contribution in [1.82, 2.24) is 5.32 Å². The van der Waals surface area contributed by atoms with Crippen molar-refractivity contribution in [3.8, 4) is 0 Å². The molecule has 1 aliphatic carbocycles. The fraction of sp³-hybridized carbons (Fsp3) is 0.400. The molecule has 1 aromatic rings. The van der Waals surface area contributed by atoms with Gasteiger partial charge in [-0.25, -0.2) is 0 Å². The molecule has 1 aromatic carbocycles. The van der Waals surface area contributed by atoms with Gasteiger partial charge >= 0.3 is 5.97 Å². The number of rotatable bonds is 5. The molecule has 0 radical (unpaired) electrons. The van der Waals surface area contributed by atoms with Crippen molar-refractivity contribution in [1.29, 1.82) is 0 Å². The van der Waals surface area contributed by atoms with E-state index < -0.39 is 17.9 Å². The maximum Gasteiger partial charge on any atom is 0.325 e. The molecule has 0 heterocycles. The first kappa shape index (κ1) is 15.0. The highest BCUT2D eigenvalue weighted by molar-refractivity contribution is 5.98. The van der Waals surface area contributed by atoms with Crippen molar-refractivity contribution >= 4 is 23.5 Å². The van der Waals surface area contributed by atoms with Crippen LogP contribution in [0, 0.1) is 11.8 Å². The van der Waals surface area contributed by atoms with Gasteiger partial charge in [0.1, 0.15) is 6.04 Å². The standard InChI is InChI=1S/C15H18N2O4/c1-8-7-12(8)14(19)17-11-5-3-10(4-6-11)13(18)16-9(2)15(20)21/h3-6,8-9,12H,7H2,1-2H3,(H,16,18)(H,17,19)(H,20,21)/t8?,9-,12?/m0/s1. The van der Waals surface area contributed by atoms with Gasteiger partial charge in [-0.05, 0) is 43.5 Å². The summed E-state index contributed by atoms with van der Waals surface area (Å²) in [5, 5.41) is 13.9. The van der Waals surface area contributed by atoms with E-state index in [1.54, 1.807) is 24.3 Å². The van der Waals surface area contributed by atoms with Crippen LogP contribution in [0.25, 0.3) is 0 Å². The van der Waals surface area contributed by atoms with E-state index in [9.17, 15) is 14.4 Å². The molecular formula is C15H18N2O4. The first-order chi connectivity index (χ1) is 9.88. The van der Waals surface area contributed by atoms with Crippen molar-refractivity contribution in [2.24, 2.45) is 11.8 Å². The third-order valence-electron chi connectivity index (χ3n) is 3.58. The highest BCUT2D eigenvalue weighted by Crippen LogP contribution is 2.38. The molecule has 0 spiro atoms. The van der Waals surface area contributed by atoms with Crippen molar-refractivity contribution in [3.05, 3.63) is 29.8 Å². The van der Waals surface area contributed by atoms with E-state index in [0.29, 0.717) is 17.2 Å². The minimum atomic E-state index is -1.09. The molecule has 21 heavy (non-hydrogen) atoms. The van der Waals surface area contributed by atoms with E-state index in [2.05, 4.69) is 10.6 Å². The number of nitrogens with one attached hydrogen (secondary N) is 2. The second-order valence-corrected chi connectivity index (χ2v) is 5.42. The molecule has 3 N–H and O–H groups in total. The average molecular weight is 290 g/mol. The van der Waals surface area contributed by atoms with Crippen LogP contribution in [-0.2, 0) is 9.59 Å². The smallest absolute Gasteiger partial charge is 0.325 e. The number of benzene rings is 1. The van der Waals surface area contributed by atoms with Crippen molar-refractivity contribution in [3.63, 3.8) is 0 Å². The number of hydrogen-bond acceptors (Lipinski definition) is 3. The van der Waals surface area contributed by atoms with Crippen molar-refractivity contribution in [2.75, 3.05) is 5.32 Å². The van der Waals surface area contributed by atoms with Crippen LogP contribution in [0.1, 0.15) is 30.6 Å². The second kappa shape index (κ2) is 5.95. The molecule has 0 bridgehead atoms. The van der Waals surface area contributed by atoms with Crippen LogP contribution in [0.15, 0.2) is 24.3 Å². The second-order valence-electron chi connectivity index (χ2n) is 5.42. The minimum absolute atomic E-state index is 0.000740. The van der Waals surface area contributed by atoms with Crippen LogP contribution in [0.5, 0.6) is 0 Å². The molecule has 3 atom stereocenters. The zero-order valence-electron chi connectivity index (χ0n) is 11.9. The van der Waals surface area contributed by atoms with Crippen LogP contribution in [0.3, 0.4) is 0 Å². The predicted octanol–water partition coefficient (Wildman–Crippen LogP) is 1.48. The Hall–Kier alpha value is -2.37. The monoisotopic (exact) mass is 290 g/mol. The van der Waals surface area contributed by atoms with E-state index >= 15 is 0 Å². The number of aliphatic carboxylic acids is 1. The molecule has 1 fully saturated rings. The Labute approximate surface area is 122 Å². The molecule has 6 heteroatoms. The lowest BCUT2D eigenvalue weighted by Crippen LogP contribution is -2.38. The molecule has 0 aliphatic heterocycles. The number of amides is 2.